The fraction of sp³-hybridized carbons (Fsp3) is 0.656. The van der Waals surface area contributed by atoms with Gasteiger partial charge in [0.1, 0.15) is 25.9 Å². The van der Waals surface area contributed by atoms with E-state index in [-0.39, 0.29) is 19.6 Å². The summed E-state index contributed by atoms with van der Waals surface area (Å²) in [6, 6.07) is 0. The summed E-state index contributed by atoms with van der Waals surface area (Å²) < 4.78 is 26.7. The van der Waals surface area contributed by atoms with Crippen LogP contribution >= 0.6 is 7.82 Å². The summed E-state index contributed by atoms with van der Waals surface area (Å²) >= 11 is 0. The van der Waals surface area contributed by atoms with Crippen molar-refractivity contribution in [2.75, 3.05) is 47.5 Å². The lowest BCUT2D eigenvalue weighted by molar-refractivity contribution is -0.870. The number of phosphoric ester groups is 1. The third kappa shape index (κ3) is 31.0. The minimum absolute atomic E-state index is 0.0151. The molecular formula is C32H56NO7P. The maximum Gasteiger partial charge on any atom is 0.305 e. The molecule has 0 spiro atoms. The average Bonchev–Trinajstić information content (AvgIpc) is 2.90. The van der Waals surface area contributed by atoms with Crippen LogP contribution in [0.3, 0.4) is 0 Å². The first-order valence-electron chi connectivity index (χ1n) is 15.0. The number of allylic oxidation sites excluding steroid dienone is 10. The number of hydrogen-bond acceptors (Lipinski definition) is 7. The maximum atomic E-state index is 11.8. The van der Waals surface area contributed by atoms with Gasteiger partial charge in [-0.3, -0.25) is 9.36 Å². The Morgan fingerprint density at radius 1 is 0.780 bits per heavy atom. The average molecular weight is 598 g/mol. The van der Waals surface area contributed by atoms with E-state index in [2.05, 4.69) is 72.2 Å². The summed E-state index contributed by atoms with van der Waals surface area (Å²) in [5.41, 5.74) is 0. The molecule has 0 aliphatic heterocycles. The summed E-state index contributed by atoms with van der Waals surface area (Å²) in [5, 5.41) is 9.83. The molecule has 9 heteroatoms. The van der Waals surface area contributed by atoms with Gasteiger partial charge in [-0.15, -0.1) is 0 Å². The molecule has 0 heterocycles. The van der Waals surface area contributed by atoms with E-state index in [9.17, 15) is 19.4 Å². The van der Waals surface area contributed by atoms with E-state index < -0.39 is 26.5 Å². The van der Waals surface area contributed by atoms with Crippen molar-refractivity contribution in [2.24, 2.45) is 0 Å². The number of rotatable bonds is 26. The number of esters is 1. The Labute approximate surface area is 249 Å². The van der Waals surface area contributed by atoms with E-state index in [1.165, 1.54) is 0 Å². The normalized spacial score (nSPS) is 15.2. The van der Waals surface area contributed by atoms with E-state index in [1.54, 1.807) is 0 Å². The standard InChI is InChI=1S/C32H56NO7P/c1-5-6-7-8-9-10-11-12-13-14-15-16-17-18-19-20-21-22-23-24-25-26-32(35)38-29-31(34)30-40-41(36,37)39-28-27-33(2,3)4/h6-7,9-10,12-13,15-16,18-19,31,34H,5,8,11,14,17,20-30H2,1-4H3/b7-6-,10-9-,13-12-,16-15-,19-18-. The smallest absolute Gasteiger partial charge is 0.305 e. The Bertz CT molecular complexity index is 843. The molecule has 0 rings (SSSR count). The van der Waals surface area contributed by atoms with E-state index >= 15 is 0 Å². The molecule has 2 atom stereocenters. The molecule has 0 aromatic heterocycles. The van der Waals surface area contributed by atoms with Gasteiger partial charge in [-0.05, 0) is 51.4 Å². The quantitative estimate of drug-likeness (QED) is 0.0395. The number of quaternary nitrogens is 1. The molecule has 1 N–H and O–H groups in total. The van der Waals surface area contributed by atoms with Crippen LogP contribution in [0.25, 0.3) is 0 Å². The van der Waals surface area contributed by atoms with Gasteiger partial charge in [0.25, 0.3) is 7.82 Å². The SMILES string of the molecule is CC/C=C\C/C=C\C/C=C\C/C=C\C/C=C\CCCCCCCC(=O)OCC(O)COP(=O)([O-])OCC[N+](C)(C)C. The monoisotopic (exact) mass is 597 g/mol. The number of aliphatic hydroxyl groups excluding tert-OH is 1. The highest BCUT2D eigenvalue weighted by Gasteiger charge is 2.16. The highest BCUT2D eigenvalue weighted by Crippen LogP contribution is 2.38. The molecule has 0 aromatic rings. The number of unbranched alkanes of at least 4 members (excludes halogenated alkanes) is 5. The molecule has 41 heavy (non-hydrogen) atoms. The lowest BCUT2D eigenvalue weighted by Crippen LogP contribution is -2.37. The predicted octanol–water partition coefficient (Wildman–Crippen LogP) is 6.58. The number of phosphoric acid groups is 1. The second-order valence-electron chi connectivity index (χ2n) is 10.9. The summed E-state index contributed by atoms with van der Waals surface area (Å²) in [6.07, 6.45) is 32.1. The van der Waals surface area contributed by atoms with Crippen LogP contribution < -0.4 is 4.89 Å². The van der Waals surface area contributed by atoms with Crippen molar-refractivity contribution in [2.45, 2.75) is 90.1 Å². The van der Waals surface area contributed by atoms with Crippen molar-refractivity contribution in [3.8, 4) is 0 Å². The number of aliphatic hydroxyl groups is 1. The Morgan fingerprint density at radius 2 is 1.29 bits per heavy atom. The number of hydrogen-bond donors (Lipinski definition) is 1. The number of nitrogens with zero attached hydrogens (tertiary/aromatic N) is 1. The van der Waals surface area contributed by atoms with Gasteiger partial charge in [-0.2, -0.15) is 0 Å². The lowest BCUT2D eigenvalue weighted by atomic mass is 10.1. The van der Waals surface area contributed by atoms with Crippen LogP contribution in [0.4, 0.5) is 0 Å². The first-order valence-corrected chi connectivity index (χ1v) is 16.5. The molecule has 0 saturated heterocycles. The van der Waals surface area contributed by atoms with Crippen LogP contribution in [0.2, 0.25) is 0 Å². The maximum absolute atomic E-state index is 11.8. The fourth-order valence-corrected chi connectivity index (χ4v) is 4.12. The second-order valence-corrected chi connectivity index (χ2v) is 12.4. The Hall–Kier alpha value is -1.80. The van der Waals surface area contributed by atoms with Crippen molar-refractivity contribution in [3.63, 3.8) is 0 Å². The molecule has 0 fully saturated rings. The molecule has 0 bridgehead atoms. The summed E-state index contributed by atoms with van der Waals surface area (Å²) in [7, 11) is 1.22. The van der Waals surface area contributed by atoms with Crippen LogP contribution in [0.1, 0.15) is 84.0 Å². The molecule has 2 unspecified atom stereocenters. The van der Waals surface area contributed by atoms with Gasteiger partial charge in [0, 0.05) is 6.42 Å². The Balaban J connectivity index is 3.64. The van der Waals surface area contributed by atoms with Gasteiger partial charge >= 0.3 is 5.97 Å². The van der Waals surface area contributed by atoms with Crippen LogP contribution in [-0.2, 0) is 23.1 Å². The molecule has 8 nitrogen and oxygen atoms in total. The number of carbonyl (C=O) groups is 1. The van der Waals surface area contributed by atoms with Gasteiger partial charge in [-0.1, -0.05) is 86.9 Å². The zero-order valence-electron chi connectivity index (χ0n) is 26.0. The molecular weight excluding hydrogens is 541 g/mol. The van der Waals surface area contributed by atoms with E-state index in [0.717, 1.165) is 70.6 Å². The molecule has 0 aromatic carbocycles. The molecule has 0 aliphatic rings. The Morgan fingerprint density at radius 3 is 1.85 bits per heavy atom. The predicted molar refractivity (Wildman–Crippen MR) is 166 cm³/mol. The summed E-state index contributed by atoms with van der Waals surface area (Å²) in [5.74, 6) is -0.410. The van der Waals surface area contributed by atoms with Gasteiger partial charge in [-0.25, -0.2) is 0 Å². The zero-order valence-corrected chi connectivity index (χ0v) is 26.9. The molecule has 236 valence electrons. The van der Waals surface area contributed by atoms with E-state index in [0.29, 0.717) is 11.0 Å². The minimum Gasteiger partial charge on any atom is -0.756 e. The van der Waals surface area contributed by atoms with E-state index in [4.69, 9.17) is 9.26 Å². The van der Waals surface area contributed by atoms with E-state index in [1.807, 2.05) is 21.1 Å². The van der Waals surface area contributed by atoms with Crippen molar-refractivity contribution >= 4 is 13.8 Å². The Kier molecular flexibility index (Phi) is 24.7. The first kappa shape index (κ1) is 39.2. The number of likely N-dealkylation sites (N-methyl/N-ethyl adjacent to an activating group) is 1. The highest BCUT2D eigenvalue weighted by molar-refractivity contribution is 7.45. The third-order valence-electron chi connectivity index (χ3n) is 5.78. The van der Waals surface area contributed by atoms with Crippen LogP contribution in [0.5, 0.6) is 0 Å². The first-order chi connectivity index (χ1) is 19.6. The minimum atomic E-state index is -4.50. The molecule has 0 saturated carbocycles. The van der Waals surface area contributed by atoms with Gasteiger partial charge in [0.15, 0.2) is 0 Å². The fourth-order valence-electron chi connectivity index (χ4n) is 3.38. The number of ether oxygens (including phenoxy) is 1. The van der Waals surface area contributed by atoms with Crippen LogP contribution in [0.15, 0.2) is 60.8 Å². The highest BCUT2D eigenvalue weighted by atomic mass is 31.2. The zero-order chi connectivity index (χ0) is 30.7. The van der Waals surface area contributed by atoms with Gasteiger partial charge < -0.3 is 28.3 Å². The second kappa shape index (κ2) is 25.9. The van der Waals surface area contributed by atoms with Crippen LogP contribution in [-0.4, -0.2) is 69.2 Å². The molecule has 0 aliphatic carbocycles. The topological polar surface area (TPSA) is 105 Å². The van der Waals surface area contributed by atoms with Crippen molar-refractivity contribution in [1.29, 1.82) is 0 Å². The van der Waals surface area contributed by atoms with Gasteiger partial charge in [0.05, 0.1) is 27.7 Å². The third-order valence-corrected chi connectivity index (χ3v) is 6.75. The van der Waals surface area contributed by atoms with Crippen molar-refractivity contribution < 1.29 is 37.6 Å². The molecule has 0 amide bonds. The van der Waals surface area contributed by atoms with Crippen molar-refractivity contribution in [3.05, 3.63) is 60.8 Å². The van der Waals surface area contributed by atoms with Crippen LogP contribution in [0, 0.1) is 0 Å². The van der Waals surface area contributed by atoms with Gasteiger partial charge in [0.2, 0.25) is 0 Å². The summed E-state index contributed by atoms with van der Waals surface area (Å²) in [4.78, 5) is 23.6. The molecule has 0 radical (unpaired) electrons. The largest absolute Gasteiger partial charge is 0.756 e. The summed E-state index contributed by atoms with van der Waals surface area (Å²) in [6.45, 7) is 1.78. The number of carbonyl (C=O) groups excluding carboxylic acids is 1. The van der Waals surface area contributed by atoms with Crippen molar-refractivity contribution in [1.82, 2.24) is 0 Å². The lowest BCUT2D eigenvalue weighted by Gasteiger charge is -2.27.